The van der Waals surface area contributed by atoms with Gasteiger partial charge < -0.3 is 5.73 Å². The summed E-state index contributed by atoms with van der Waals surface area (Å²) in [4.78, 5) is 12.1. The minimum Gasteiger partial charge on any atom is -0.326 e. The van der Waals surface area contributed by atoms with Gasteiger partial charge in [0.1, 0.15) is 5.82 Å². The van der Waals surface area contributed by atoms with Crippen LogP contribution in [0, 0.1) is 12.7 Å². The standard InChI is InChI=1S/C13H13FN2O/c1-9-5-6-10(8-15)13(17)16(9)12-4-2-3-11(14)7-12/h2-7H,8,15H2,1H3. The van der Waals surface area contributed by atoms with Crippen LogP contribution in [0.3, 0.4) is 0 Å². The summed E-state index contributed by atoms with van der Waals surface area (Å²) in [5.41, 5.74) is 7.07. The Hall–Kier alpha value is -1.94. The van der Waals surface area contributed by atoms with Gasteiger partial charge in [0.15, 0.2) is 0 Å². The first-order valence-corrected chi connectivity index (χ1v) is 5.31. The van der Waals surface area contributed by atoms with Crippen LogP contribution in [-0.2, 0) is 6.54 Å². The normalized spacial score (nSPS) is 10.5. The monoisotopic (exact) mass is 232 g/mol. The molecule has 0 aliphatic rings. The molecular weight excluding hydrogens is 219 g/mol. The fourth-order valence-corrected chi connectivity index (χ4v) is 1.76. The lowest BCUT2D eigenvalue weighted by molar-refractivity contribution is 0.626. The highest BCUT2D eigenvalue weighted by molar-refractivity contribution is 5.35. The molecule has 0 unspecified atom stereocenters. The zero-order valence-electron chi connectivity index (χ0n) is 9.48. The van der Waals surface area contributed by atoms with Gasteiger partial charge in [-0.2, -0.15) is 0 Å². The van der Waals surface area contributed by atoms with E-state index < -0.39 is 0 Å². The summed E-state index contributed by atoms with van der Waals surface area (Å²) in [6.45, 7) is 1.97. The van der Waals surface area contributed by atoms with Crippen molar-refractivity contribution in [3.05, 3.63) is 63.8 Å². The van der Waals surface area contributed by atoms with Crippen LogP contribution >= 0.6 is 0 Å². The summed E-state index contributed by atoms with van der Waals surface area (Å²) in [5, 5.41) is 0. The molecule has 1 aromatic heterocycles. The van der Waals surface area contributed by atoms with Gasteiger partial charge in [-0.25, -0.2) is 4.39 Å². The van der Waals surface area contributed by atoms with Gasteiger partial charge in [0, 0.05) is 17.8 Å². The van der Waals surface area contributed by atoms with E-state index in [1.54, 1.807) is 31.2 Å². The van der Waals surface area contributed by atoms with Crippen molar-refractivity contribution in [1.82, 2.24) is 4.57 Å². The average Bonchev–Trinajstić information content (AvgIpc) is 2.29. The molecule has 0 spiro atoms. The molecule has 2 N–H and O–H groups in total. The molecule has 2 rings (SSSR count). The summed E-state index contributed by atoms with van der Waals surface area (Å²) in [6, 6.07) is 9.44. The van der Waals surface area contributed by atoms with E-state index in [-0.39, 0.29) is 17.9 Å². The molecule has 0 saturated carbocycles. The van der Waals surface area contributed by atoms with Crippen molar-refractivity contribution in [2.75, 3.05) is 0 Å². The first-order valence-electron chi connectivity index (χ1n) is 5.31. The van der Waals surface area contributed by atoms with E-state index in [0.717, 1.165) is 5.69 Å². The Bertz CT molecular complexity index is 605. The van der Waals surface area contributed by atoms with E-state index in [0.29, 0.717) is 11.3 Å². The Morgan fingerprint density at radius 1 is 1.29 bits per heavy atom. The molecule has 1 aromatic carbocycles. The maximum Gasteiger partial charge on any atom is 0.259 e. The van der Waals surface area contributed by atoms with Gasteiger partial charge in [0.25, 0.3) is 5.56 Å². The van der Waals surface area contributed by atoms with E-state index in [1.807, 2.05) is 0 Å². The molecule has 1 heterocycles. The lowest BCUT2D eigenvalue weighted by Gasteiger charge is -2.11. The molecule has 0 radical (unpaired) electrons. The van der Waals surface area contributed by atoms with E-state index in [9.17, 15) is 9.18 Å². The maximum absolute atomic E-state index is 13.2. The molecule has 0 bridgehead atoms. The van der Waals surface area contributed by atoms with Crippen molar-refractivity contribution in [3.8, 4) is 5.69 Å². The highest BCUT2D eigenvalue weighted by Crippen LogP contribution is 2.10. The molecule has 0 aliphatic carbocycles. The zero-order valence-corrected chi connectivity index (χ0v) is 9.48. The van der Waals surface area contributed by atoms with Crippen molar-refractivity contribution in [2.45, 2.75) is 13.5 Å². The maximum atomic E-state index is 13.2. The molecule has 3 nitrogen and oxygen atoms in total. The van der Waals surface area contributed by atoms with Crippen LogP contribution in [0.25, 0.3) is 5.69 Å². The van der Waals surface area contributed by atoms with Crippen LogP contribution in [0.5, 0.6) is 0 Å². The van der Waals surface area contributed by atoms with Crippen molar-refractivity contribution in [3.63, 3.8) is 0 Å². The summed E-state index contributed by atoms with van der Waals surface area (Å²) in [7, 11) is 0. The summed E-state index contributed by atoms with van der Waals surface area (Å²) >= 11 is 0. The number of halogens is 1. The fourth-order valence-electron chi connectivity index (χ4n) is 1.76. The molecule has 0 atom stereocenters. The Labute approximate surface area is 98.3 Å². The number of pyridine rings is 1. The number of aromatic nitrogens is 1. The number of hydrogen-bond acceptors (Lipinski definition) is 2. The third-order valence-corrected chi connectivity index (χ3v) is 2.64. The largest absolute Gasteiger partial charge is 0.326 e. The van der Waals surface area contributed by atoms with Gasteiger partial charge in [0.05, 0.1) is 5.69 Å². The van der Waals surface area contributed by atoms with Crippen molar-refractivity contribution in [2.24, 2.45) is 5.73 Å². The third kappa shape index (κ3) is 2.12. The average molecular weight is 232 g/mol. The van der Waals surface area contributed by atoms with E-state index >= 15 is 0 Å². The van der Waals surface area contributed by atoms with Gasteiger partial charge in [-0.3, -0.25) is 9.36 Å². The van der Waals surface area contributed by atoms with Crippen LogP contribution in [0.4, 0.5) is 4.39 Å². The smallest absolute Gasteiger partial charge is 0.259 e. The molecule has 88 valence electrons. The first kappa shape index (κ1) is 11.5. The molecule has 4 heteroatoms. The number of benzene rings is 1. The molecular formula is C13H13FN2O. The Balaban J connectivity index is 2.71. The minimum atomic E-state index is -0.369. The second kappa shape index (κ2) is 4.51. The second-order valence-corrected chi connectivity index (χ2v) is 3.82. The van der Waals surface area contributed by atoms with Crippen LogP contribution in [0.15, 0.2) is 41.2 Å². The first-order chi connectivity index (χ1) is 8.13. The van der Waals surface area contributed by atoms with E-state index in [1.165, 1.54) is 16.7 Å². The van der Waals surface area contributed by atoms with Crippen molar-refractivity contribution < 1.29 is 4.39 Å². The van der Waals surface area contributed by atoms with Crippen LogP contribution in [0.1, 0.15) is 11.3 Å². The van der Waals surface area contributed by atoms with Crippen LogP contribution in [0.2, 0.25) is 0 Å². The molecule has 2 aromatic rings. The van der Waals surface area contributed by atoms with Gasteiger partial charge in [-0.05, 0) is 31.2 Å². The van der Waals surface area contributed by atoms with E-state index in [2.05, 4.69) is 0 Å². The van der Waals surface area contributed by atoms with Gasteiger partial charge >= 0.3 is 0 Å². The number of hydrogen-bond donors (Lipinski definition) is 1. The second-order valence-electron chi connectivity index (χ2n) is 3.82. The third-order valence-electron chi connectivity index (χ3n) is 2.64. The van der Waals surface area contributed by atoms with Gasteiger partial charge in [0.2, 0.25) is 0 Å². The predicted molar refractivity (Wildman–Crippen MR) is 64.6 cm³/mol. The minimum absolute atomic E-state index is 0.175. The topological polar surface area (TPSA) is 48.0 Å². The molecule has 0 saturated heterocycles. The lowest BCUT2D eigenvalue weighted by Crippen LogP contribution is -2.25. The van der Waals surface area contributed by atoms with Gasteiger partial charge in [-0.1, -0.05) is 12.1 Å². The molecule has 0 fully saturated rings. The number of rotatable bonds is 2. The highest BCUT2D eigenvalue weighted by Gasteiger charge is 2.07. The summed E-state index contributed by atoms with van der Waals surface area (Å²) < 4.78 is 14.6. The van der Waals surface area contributed by atoms with Crippen molar-refractivity contribution >= 4 is 0 Å². The summed E-state index contributed by atoms with van der Waals surface area (Å²) in [5.74, 6) is -0.369. The molecule has 0 aliphatic heterocycles. The molecule has 0 amide bonds. The Morgan fingerprint density at radius 2 is 2.06 bits per heavy atom. The highest BCUT2D eigenvalue weighted by atomic mass is 19.1. The number of nitrogens with zero attached hydrogens (tertiary/aromatic N) is 1. The Kier molecular flexibility index (Phi) is 3.06. The lowest BCUT2D eigenvalue weighted by atomic mass is 10.2. The van der Waals surface area contributed by atoms with Crippen LogP contribution in [-0.4, -0.2) is 4.57 Å². The van der Waals surface area contributed by atoms with Crippen molar-refractivity contribution in [1.29, 1.82) is 0 Å². The zero-order chi connectivity index (χ0) is 12.4. The fraction of sp³-hybridized carbons (Fsp3) is 0.154. The number of nitrogens with two attached hydrogens (primary N) is 1. The van der Waals surface area contributed by atoms with Gasteiger partial charge in [-0.15, -0.1) is 0 Å². The summed E-state index contributed by atoms with van der Waals surface area (Å²) in [6.07, 6.45) is 0. The quantitative estimate of drug-likeness (QED) is 0.857. The Morgan fingerprint density at radius 3 is 2.71 bits per heavy atom. The molecule has 17 heavy (non-hydrogen) atoms. The van der Waals surface area contributed by atoms with E-state index in [4.69, 9.17) is 5.73 Å². The predicted octanol–water partition coefficient (Wildman–Crippen LogP) is 1.74. The van der Waals surface area contributed by atoms with Crippen LogP contribution < -0.4 is 11.3 Å². The SMILES string of the molecule is Cc1ccc(CN)c(=O)n1-c1cccc(F)c1. The number of aryl methyl sites for hydroxylation is 1.